The third-order valence-electron chi connectivity index (χ3n) is 3.87. The number of ether oxygens (including phenoxy) is 1. The normalized spacial score (nSPS) is 12.2. The van der Waals surface area contributed by atoms with E-state index in [1.807, 2.05) is 26.0 Å². The molecule has 0 saturated carbocycles. The van der Waals surface area contributed by atoms with Crippen LogP contribution in [0, 0.1) is 12.8 Å². The number of amides is 1. The lowest BCUT2D eigenvalue weighted by Gasteiger charge is -2.18. The second-order valence-electron chi connectivity index (χ2n) is 6.37. The van der Waals surface area contributed by atoms with Crippen molar-refractivity contribution in [2.45, 2.75) is 39.8 Å². The number of hydrogen-bond donors (Lipinski definition) is 1. The number of benzene rings is 1. The van der Waals surface area contributed by atoms with E-state index in [4.69, 9.17) is 4.74 Å². The molecule has 0 aliphatic carbocycles. The van der Waals surface area contributed by atoms with Crippen LogP contribution in [0.3, 0.4) is 0 Å². The van der Waals surface area contributed by atoms with Gasteiger partial charge >= 0.3 is 5.97 Å². The molecule has 0 radical (unpaired) electrons. The highest BCUT2D eigenvalue weighted by Crippen LogP contribution is 2.11. The molecular formula is C18H23N3O4. The number of hydrogen-bond acceptors (Lipinski definition) is 5. The van der Waals surface area contributed by atoms with Gasteiger partial charge in [-0.05, 0) is 25.3 Å². The number of fused-ring (bicyclic) bond motifs is 1. The summed E-state index contributed by atoms with van der Waals surface area (Å²) < 4.78 is 5.85. The second kappa shape index (κ2) is 7.92. The first kappa shape index (κ1) is 18.6. The summed E-state index contributed by atoms with van der Waals surface area (Å²) in [5.74, 6) is -0.759. The number of aromatic nitrogens is 2. The van der Waals surface area contributed by atoms with E-state index in [2.05, 4.69) is 10.4 Å². The molecule has 1 unspecified atom stereocenters. The molecule has 0 aliphatic rings. The summed E-state index contributed by atoms with van der Waals surface area (Å²) in [4.78, 5) is 36.6. The van der Waals surface area contributed by atoms with Gasteiger partial charge in [0.05, 0.1) is 18.2 Å². The number of nitrogens with one attached hydrogen (secondary N) is 1. The van der Waals surface area contributed by atoms with Gasteiger partial charge in [-0.3, -0.25) is 9.59 Å². The van der Waals surface area contributed by atoms with Gasteiger partial charge in [-0.25, -0.2) is 9.48 Å². The predicted octanol–water partition coefficient (Wildman–Crippen LogP) is 1.41. The van der Waals surface area contributed by atoms with E-state index >= 15 is 0 Å². The largest absolute Gasteiger partial charge is 0.467 e. The van der Waals surface area contributed by atoms with Crippen molar-refractivity contribution in [2.75, 3.05) is 7.11 Å². The maximum Gasteiger partial charge on any atom is 0.328 e. The number of rotatable bonds is 6. The van der Waals surface area contributed by atoms with Crippen LogP contribution >= 0.6 is 0 Å². The summed E-state index contributed by atoms with van der Waals surface area (Å²) in [5, 5.41) is 8.10. The predicted molar refractivity (Wildman–Crippen MR) is 94.1 cm³/mol. The molecule has 1 aromatic heterocycles. The van der Waals surface area contributed by atoms with Crippen molar-refractivity contribution in [2.24, 2.45) is 5.92 Å². The molecule has 134 valence electrons. The Morgan fingerprint density at radius 1 is 1.24 bits per heavy atom. The zero-order valence-electron chi connectivity index (χ0n) is 14.9. The van der Waals surface area contributed by atoms with E-state index in [9.17, 15) is 14.4 Å². The molecule has 7 heteroatoms. The van der Waals surface area contributed by atoms with Crippen molar-refractivity contribution in [1.82, 2.24) is 15.1 Å². The number of methoxy groups -OCH3 is 1. The van der Waals surface area contributed by atoms with Crippen LogP contribution in [-0.2, 0) is 20.9 Å². The average Bonchev–Trinajstić information content (AvgIpc) is 2.57. The Hall–Kier alpha value is -2.70. The number of carbonyl (C=O) groups is 2. The minimum absolute atomic E-state index is 0.202. The quantitative estimate of drug-likeness (QED) is 0.800. The van der Waals surface area contributed by atoms with Crippen molar-refractivity contribution >= 4 is 22.6 Å². The minimum Gasteiger partial charge on any atom is -0.467 e. The SMILES string of the molecule is COC(=O)C(CC(C)C)NC(=O)Cn1nc(C)c2ccccc2c1=O. The van der Waals surface area contributed by atoms with Crippen LogP contribution in [0.25, 0.3) is 10.8 Å². The Morgan fingerprint density at radius 3 is 2.48 bits per heavy atom. The summed E-state index contributed by atoms with van der Waals surface area (Å²) in [6.07, 6.45) is 0.456. The zero-order chi connectivity index (χ0) is 18.6. The maximum atomic E-state index is 12.5. The Kier molecular flexibility index (Phi) is 5.90. The molecule has 1 heterocycles. The third-order valence-corrected chi connectivity index (χ3v) is 3.87. The number of aryl methyl sites for hydroxylation is 1. The lowest BCUT2D eigenvalue weighted by molar-refractivity contribution is -0.145. The van der Waals surface area contributed by atoms with E-state index in [0.717, 1.165) is 10.1 Å². The monoisotopic (exact) mass is 345 g/mol. The maximum absolute atomic E-state index is 12.5. The van der Waals surface area contributed by atoms with Crippen LogP contribution < -0.4 is 10.9 Å². The fourth-order valence-corrected chi connectivity index (χ4v) is 2.72. The highest BCUT2D eigenvalue weighted by molar-refractivity contribution is 5.85. The van der Waals surface area contributed by atoms with Gasteiger partial charge in [-0.15, -0.1) is 0 Å². The minimum atomic E-state index is -0.741. The van der Waals surface area contributed by atoms with Gasteiger partial charge in [0.2, 0.25) is 5.91 Å². The first-order chi connectivity index (χ1) is 11.8. The van der Waals surface area contributed by atoms with Gasteiger partial charge in [0, 0.05) is 5.39 Å². The van der Waals surface area contributed by atoms with Crippen molar-refractivity contribution in [1.29, 1.82) is 0 Å². The molecule has 0 saturated heterocycles. The number of nitrogens with zero attached hydrogens (tertiary/aromatic N) is 2. The summed E-state index contributed by atoms with van der Waals surface area (Å²) in [6.45, 7) is 5.42. The topological polar surface area (TPSA) is 90.3 Å². The molecule has 25 heavy (non-hydrogen) atoms. The first-order valence-corrected chi connectivity index (χ1v) is 8.17. The van der Waals surface area contributed by atoms with Crippen LogP contribution in [0.5, 0.6) is 0 Å². The molecule has 0 aliphatic heterocycles. The summed E-state index contributed by atoms with van der Waals surface area (Å²) in [5.41, 5.74) is 0.324. The zero-order valence-corrected chi connectivity index (χ0v) is 14.9. The fourth-order valence-electron chi connectivity index (χ4n) is 2.72. The van der Waals surface area contributed by atoms with Crippen LogP contribution in [0.1, 0.15) is 26.0 Å². The van der Waals surface area contributed by atoms with Gasteiger partial charge in [-0.1, -0.05) is 32.0 Å². The molecule has 0 fully saturated rings. The van der Waals surface area contributed by atoms with Gasteiger partial charge in [0.25, 0.3) is 5.56 Å². The van der Waals surface area contributed by atoms with Crippen LogP contribution in [0.2, 0.25) is 0 Å². The highest BCUT2D eigenvalue weighted by atomic mass is 16.5. The number of carbonyl (C=O) groups excluding carboxylic acids is 2. The average molecular weight is 345 g/mol. The molecule has 1 aromatic carbocycles. The fraction of sp³-hybridized carbons (Fsp3) is 0.444. The molecule has 2 rings (SSSR count). The highest BCUT2D eigenvalue weighted by Gasteiger charge is 2.23. The Bertz CT molecular complexity index is 842. The molecular weight excluding hydrogens is 322 g/mol. The van der Waals surface area contributed by atoms with E-state index in [1.54, 1.807) is 19.1 Å². The van der Waals surface area contributed by atoms with E-state index in [1.165, 1.54) is 7.11 Å². The van der Waals surface area contributed by atoms with Crippen LogP contribution in [-0.4, -0.2) is 34.8 Å². The first-order valence-electron chi connectivity index (χ1n) is 8.17. The standard InChI is InChI=1S/C18H23N3O4/c1-11(2)9-15(18(24)25-4)19-16(22)10-21-17(23)14-8-6-5-7-13(14)12(3)20-21/h5-8,11,15H,9-10H2,1-4H3,(H,19,22). The molecule has 1 amide bonds. The van der Waals surface area contributed by atoms with Crippen LogP contribution in [0.15, 0.2) is 29.1 Å². The Morgan fingerprint density at radius 2 is 1.88 bits per heavy atom. The summed E-state index contributed by atoms with van der Waals surface area (Å²) in [6, 6.07) is 6.38. The van der Waals surface area contributed by atoms with E-state index in [-0.39, 0.29) is 18.0 Å². The van der Waals surface area contributed by atoms with Crippen molar-refractivity contribution in [3.05, 3.63) is 40.3 Å². The third kappa shape index (κ3) is 4.43. The molecule has 0 bridgehead atoms. The van der Waals surface area contributed by atoms with E-state index < -0.39 is 17.9 Å². The molecule has 1 atom stereocenters. The van der Waals surface area contributed by atoms with Crippen molar-refractivity contribution < 1.29 is 14.3 Å². The van der Waals surface area contributed by atoms with Crippen molar-refractivity contribution in [3.63, 3.8) is 0 Å². The Labute approximate surface area is 146 Å². The number of esters is 1. The second-order valence-corrected chi connectivity index (χ2v) is 6.37. The van der Waals surface area contributed by atoms with Gasteiger partial charge in [0.1, 0.15) is 12.6 Å². The molecule has 0 spiro atoms. The van der Waals surface area contributed by atoms with Crippen LogP contribution in [0.4, 0.5) is 0 Å². The summed E-state index contributed by atoms with van der Waals surface area (Å²) >= 11 is 0. The lowest BCUT2D eigenvalue weighted by atomic mass is 10.0. The molecule has 1 N–H and O–H groups in total. The Balaban J connectivity index is 2.22. The van der Waals surface area contributed by atoms with Gasteiger partial charge in [0.15, 0.2) is 0 Å². The lowest BCUT2D eigenvalue weighted by Crippen LogP contribution is -2.45. The molecule has 7 nitrogen and oxygen atoms in total. The van der Waals surface area contributed by atoms with E-state index in [0.29, 0.717) is 17.5 Å². The van der Waals surface area contributed by atoms with Gasteiger partial charge < -0.3 is 10.1 Å². The smallest absolute Gasteiger partial charge is 0.328 e. The summed E-state index contributed by atoms with van der Waals surface area (Å²) in [7, 11) is 1.28. The van der Waals surface area contributed by atoms with Crippen molar-refractivity contribution in [3.8, 4) is 0 Å². The van der Waals surface area contributed by atoms with Gasteiger partial charge in [-0.2, -0.15) is 5.10 Å². The molecule has 2 aromatic rings.